The van der Waals surface area contributed by atoms with E-state index in [-0.39, 0.29) is 30.3 Å². The molecule has 1 spiro atoms. The van der Waals surface area contributed by atoms with Gasteiger partial charge in [0, 0.05) is 6.42 Å². The first-order chi connectivity index (χ1) is 19.5. The number of nitrogens with zero attached hydrogens (tertiary/aromatic N) is 4. The molecule has 5 rings (SSSR count). The number of nitrogens with one attached hydrogen (secondary N) is 1. The zero-order valence-electron chi connectivity index (χ0n) is 23.0. The fourth-order valence-corrected chi connectivity index (χ4v) is 6.24. The van der Waals surface area contributed by atoms with Gasteiger partial charge in [-0.2, -0.15) is 15.1 Å². The van der Waals surface area contributed by atoms with Crippen molar-refractivity contribution in [3.8, 4) is 11.6 Å². The summed E-state index contributed by atoms with van der Waals surface area (Å²) in [7, 11) is -2.76. The average Bonchev–Trinajstić information content (AvgIpc) is 3.45. The number of carbonyl (C=O) groups excluding carboxylic acids is 1. The van der Waals surface area contributed by atoms with Gasteiger partial charge in [-0.3, -0.25) is 13.9 Å². The number of hydrogen-bond donors (Lipinski definition) is 3. The Balaban J connectivity index is 1.38. The molecule has 6 atom stereocenters. The number of ether oxygens (including phenoxy) is 4. The largest absolute Gasteiger partial charge is 0.479 e. The highest BCUT2D eigenvalue weighted by atomic mass is 31.2. The molecule has 16 heteroatoms. The molecular weight excluding hydrogens is 559 g/mol. The molecule has 15 nitrogen and oxygen atoms in total. The van der Waals surface area contributed by atoms with Crippen LogP contribution in [0.4, 0.5) is 5.95 Å². The fraction of sp³-hybridized carbons (Fsp3) is 0.520. The van der Waals surface area contributed by atoms with Crippen molar-refractivity contribution in [2.24, 2.45) is 0 Å². The molecular formula is C25H33N6O9P. The highest BCUT2D eigenvalue weighted by molar-refractivity contribution is 7.52. The van der Waals surface area contributed by atoms with Crippen LogP contribution >= 0.6 is 7.75 Å². The minimum atomic E-state index is -4.20. The summed E-state index contributed by atoms with van der Waals surface area (Å²) in [6.07, 6.45) is -1.52. The van der Waals surface area contributed by atoms with Gasteiger partial charge >= 0.3 is 13.7 Å². The molecule has 3 unspecified atom stereocenters. The van der Waals surface area contributed by atoms with E-state index in [2.05, 4.69) is 20.0 Å². The number of benzene rings is 1. The predicted molar refractivity (Wildman–Crippen MR) is 144 cm³/mol. The third kappa shape index (κ3) is 5.73. The van der Waals surface area contributed by atoms with Gasteiger partial charge in [0.05, 0.1) is 32.8 Å². The molecule has 2 fully saturated rings. The zero-order chi connectivity index (χ0) is 29.4. The Labute approximate surface area is 235 Å². The minimum Gasteiger partial charge on any atom is -0.479 e. The second kappa shape index (κ2) is 11.5. The predicted octanol–water partition coefficient (Wildman–Crippen LogP) is 1.97. The monoisotopic (exact) mass is 592 g/mol. The SMILES string of the molecule is COc1nc(N)nc2c1ncn2C1OC(COP(=O)(N[C@@H](C)C(=O)OC(C)C)Oc2ccccc2)[C@@H](O)[C@]12CCO2. The fourth-order valence-electron chi connectivity index (χ4n) is 4.74. The smallest absolute Gasteiger partial charge is 0.459 e. The van der Waals surface area contributed by atoms with Crippen molar-refractivity contribution in [1.29, 1.82) is 0 Å². The standard InChI is InChI=1S/C25H33N6O9P/c1-14(2)38-22(33)15(3)30-41(34,40-16-8-6-5-7-9-16)37-12-17-19(32)25(10-11-36-25)23(39-17)31-13-27-18-20(31)28-24(26)29-21(18)35-4/h5-9,13-15,17,19,23,32H,10-12H2,1-4H3,(H,30,34)(H2,26,28,29)/t15-,17?,19+,23?,25+,41?/m0/s1. The summed E-state index contributed by atoms with van der Waals surface area (Å²) in [5.41, 5.74) is 5.39. The molecule has 2 aromatic heterocycles. The maximum absolute atomic E-state index is 13.9. The summed E-state index contributed by atoms with van der Waals surface area (Å²) in [5.74, 6) is -0.242. The number of carbonyl (C=O) groups is 1. The van der Waals surface area contributed by atoms with Crippen LogP contribution in [0.3, 0.4) is 0 Å². The number of aliphatic hydroxyl groups excluding tert-OH is 1. The Morgan fingerprint density at radius 1 is 1.29 bits per heavy atom. The quantitative estimate of drug-likeness (QED) is 0.216. The van der Waals surface area contributed by atoms with Crippen LogP contribution in [0.1, 0.15) is 33.4 Å². The molecule has 222 valence electrons. The van der Waals surface area contributed by atoms with Gasteiger partial charge in [-0.05, 0) is 32.9 Å². The second-order valence-electron chi connectivity index (χ2n) is 9.97. The van der Waals surface area contributed by atoms with E-state index in [1.54, 1.807) is 48.7 Å². The molecule has 4 heterocycles. The van der Waals surface area contributed by atoms with Crippen LogP contribution < -0.4 is 20.1 Å². The summed E-state index contributed by atoms with van der Waals surface area (Å²) in [5, 5.41) is 14.0. The third-order valence-corrected chi connectivity index (χ3v) is 8.37. The molecule has 2 aliphatic heterocycles. The number of methoxy groups -OCH3 is 1. The molecule has 0 radical (unpaired) electrons. The Kier molecular flexibility index (Phi) is 8.19. The van der Waals surface area contributed by atoms with Crippen molar-refractivity contribution in [2.45, 2.75) is 63.4 Å². The van der Waals surface area contributed by atoms with Crippen LogP contribution in [-0.4, -0.2) is 80.9 Å². The van der Waals surface area contributed by atoms with E-state index >= 15 is 0 Å². The van der Waals surface area contributed by atoms with Crippen molar-refractivity contribution in [1.82, 2.24) is 24.6 Å². The molecule has 0 amide bonds. The Bertz CT molecular complexity index is 1430. The number of imidazole rings is 1. The Morgan fingerprint density at radius 2 is 2.02 bits per heavy atom. The summed E-state index contributed by atoms with van der Waals surface area (Å²) in [4.78, 5) is 25.1. The van der Waals surface area contributed by atoms with Crippen LogP contribution in [0.5, 0.6) is 11.6 Å². The van der Waals surface area contributed by atoms with E-state index < -0.39 is 43.8 Å². The van der Waals surface area contributed by atoms with Crippen LogP contribution in [0.25, 0.3) is 11.2 Å². The molecule has 41 heavy (non-hydrogen) atoms. The van der Waals surface area contributed by atoms with Crippen LogP contribution in [0.15, 0.2) is 36.7 Å². The zero-order valence-corrected chi connectivity index (χ0v) is 23.9. The van der Waals surface area contributed by atoms with Crippen LogP contribution in [0, 0.1) is 0 Å². The number of esters is 1. The summed E-state index contributed by atoms with van der Waals surface area (Å²) in [6, 6.07) is 7.31. The van der Waals surface area contributed by atoms with Crippen molar-refractivity contribution < 1.29 is 42.5 Å². The average molecular weight is 593 g/mol. The number of anilines is 1. The molecule has 1 aromatic carbocycles. The van der Waals surface area contributed by atoms with E-state index in [1.807, 2.05) is 0 Å². The molecule has 2 aliphatic rings. The van der Waals surface area contributed by atoms with E-state index in [9.17, 15) is 14.5 Å². The number of fused-ring (bicyclic) bond motifs is 1. The summed E-state index contributed by atoms with van der Waals surface area (Å²) < 4.78 is 49.6. The lowest BCUT2D eigenvalue weighted by Gasteiger charge is -2.44. The lowest BCUT2D eigenvalue weighted by atomic mass is 9.86. The van der Waals surface area contributed by atoms with E-state index in [1.165, 1.54) is 20.4 Å². The lowest BCUT2D eigenvalue weighted by Crippen LogP contribution is -2.56. The van der Waals surface area contributed by atoms with Gasteiger partial charge in [0.2, 0.25) is 11.8 Å². The number of para-hydroxylation sites is 1. The number of aliphatic hydroxyl groups is 1. The minimum absolute atomic E-state index is 0.0340. The first-order valence-corrected chi connectivity index (χ1v) is 14.6. The molecule has 4 N–H and O–H groups in total. The summed E-state index contributed by atoms with van der Waals surface area (Å²) in [6.45, 7) is 4.90. The maximum atomic E-state index is 13.9. The van der Waals surface area contributed by atoms with E-state index in [0.29, 0.717) is 24.2 Å². The number of hydrogen-bond acceptors (Lipinski definition) is 13. The Hall–Kier alpha value is -3.33. The van der Waals surface area contributed by atoms with Gasteiger partial charge in [-0.1, -0.05) is 18.2 Å². The van der Waals surface area contributed by atoms with Gasteiger partial charge in [0.15, 0.2) is 17.4 Å². The van der Waals surface area contributed by atoms with Crippen LogP contribution in [0.2, 0.25) is 0 Å². The summed E-state index contributed by atoms with van der Waals surface area (Å²) >= 11 is 0. The molecule has 0 aliphatic carbocycles. The molecule has 3 aromatic rings. The topological polar surface area (TPSA) is 191 Å². The Morgan fingerprint density at radius 3 is 2.66 bits per heavy atom. The van der Waals surface area contributed by atoms with Gasteiger partial charge in [0.1, 0.15) is 29.6 Å². The number of rotatable bonds is 11. The van der Waals surface area contributed by atoms with Gasteiger partial charge < -0.3 is 34.3 Å². The van der Waals surface area contributed by atoms with Crippen LogP contribution in [-0.2, 0) is 28.1 Å². The normalized spacial score (nSPS) is 26.0. The van der Waals surface area contributed by atoms with Gasteiger partial charge in [-0.25, -0.2) is 9.55 Å². The molecule has 2 saturated heterocycles. The molecule has 0 bridgehead atoms. The van der Waals surface area contributed by atoms with Gasteiger partial charge in [-0.15, -0.1) is 0 Å². The molecule has 0 saturated carbocycles. The van der Waals surface area contributed by atoms with Gasteiger partial charge in [0.25, 0.3) is 0 Å². The van der Waals surface area contributed by atoms with Crippen molar-refractivity contribution >= 4 is 30.8 Å². The first kappa shape index (κ1) is 29.2. The highest BCUT2D eigenvalue weighted by Crippen LogP contribution is 2.51. The second-order valence-corrected chi connectivity index (χ2v) is 11.7. The van der Waals surface area contributed by atoms with Crippen molar-refractivity contribution in [2.75, 3.05) is 26.1 Å². The van der Waals surface area contributed by atoms with Crippen molar-refractivity contribution in [3.05, 3.63) is 36.7 Å². The number of aromatic nitrogens is 4. The number of nitrogens with two attached hydrogens (primary N) is 1. The maximum Gasteiger partial charge on any atom is 0.459 e. The third-order valence-electron chi connectivity index (χ3n) is 6.73. The van der Waals surface area contributed by atoms with E-state index in [4.69, 9.17) is 33.7 Å². The number of nitrogen functional groups attached to an aromatic ring is 1. The van der Waals surface area contributed by atoms with Crippen molar-refractivity contribution in [3.63, 3.8) is 0 Å². The lowest BCUT2D eigenvalue weighted by molar-refractivity contribution is -0.225. The highest BCUT2D eigenvalue weighted by Gasteiger charge is 2.62. The first-order valence-electron chi connectivity index (χ1n) is 13.0. The van der Waals surface area contributed by atoms with E-state index in [0.717, 1.165) is 0 Å².